The van der Waals surface area contributed by atoms with E-state index in [-0.39, 0.29) is 89.6 Å². The summed E-state index contributed by atoms with van der Waals surface area (Å²) in [6.07, 6.45) is -0.653. The summed E-state index contributed by atoms with van der Waals surface area (Å²) in [5.74, 6) is -18.4. The molecule has 0 radical (unpaired) electrons. The Morgan fingerprint density at radius 1 is 0.555 bits per heavy atom. The molecule has 128 heavy (non-hydrogen) atoms. The van der Waals surface area contributed by atoms with Crippen LogP contribution in [0.5, 0.6) is 5.75 Å². The molecule has 1 unspecified atom stereocenters. The molecular formula is C83H117N23O21S. The highest BCUT2D eigenvalue weighted by molar-refractivity contribution is 8.00. The van der Waals surface area contributed by atoms with Crippen molar-refractivity contribution in [3.63, 3.8) is 0 Å². The van der Waals surface area contributed by atoms with Crippen LogP contribution in [0.3, 0.4) is 0 Å². The Hall–Kier alpha value is -13.0. The molecule has 45 heteroatoms. The van der Waals surface area contributed by atoms with E-state index < -0.39 is 255 Å². The number of thioether (sulfide) groups is 1. The minimum absolute atomic E-state index is 0.0154. The zero-order valence-corrected chi connectivity index (χ0v) is 72.6. The lowest BCUT2D eigenvalue weighted by molar-refractivity contribution is -0.146. The molecule has 44 nitrogen and oxygen atoms in total. The van der Waals surface area contributed by atoms with Crippen molar-refractivity contribution < 1.29 is 102 Å². The minimum atomic E-state index is -1.90. The van der Waals surface area contributed by atoms with Crippen LogP contribution in [0, 0.1) is 5.41 Å². The van der Waals surface area contributed by atoms with Crippen molar-refractivity contribution in [3.8, 4) is 5.75 Å². The molecular weight excluding hydrogens is 1690 g/mol. The Morgan fingerprint density at radius 3 is 1.72 bits per heavy atom. The number of likely N-dealkylation sites (N-methyl/N-ethyl adjacent to an activating group) is 3. The molecule has 5 aromatic rings. The monoisotopic (exact) mass is 1800 g/mol. The number of para-hydroxylation sites is 2. The summed E-state index contributed by atoms with van der Waals surface area (Å²) in [7, 11) is 3.74. The molecule has 2 aromatic heterocycles. The van der Waals surface area contributed by atoms with Gasteiger partial charge in [0.1, 0.15) is 84.3 Å². The standard InChI is InChI=1S/C83H117N23O21S/c1-6-7-19-63-75(120)99-60(35-66(85)111)82(127)105-29-13-20-64(105)76(121)100-61(41-108)74(119)96-56(26-30-107)81(126)106-39-49(110)34-65(106)77(122)97-57(32-46-36-90-52-16-10-8-14-50(46)52)73(118)95-55(25-27-84)72(117)98-59(33-47-37-91-53-17-11-9-15-51(47)53)79(124)103(4)44(2)78(123)102(3)40-68(113)93-54(18-12-28-89-83(87)88)71(116)101-62(70(115)92-38-67(86)112)42-128-43-69(114)94-58(80(125)104(63)5)31-45-21-23-48(109)24-22-45/h8-11,14-17,21-24,36-37,44,49,54-65,90-91,107-110H,6-7,12-13,18-20,25-35,38-43,84H2,1-5H3,(H2,85,111)(H2,86,112)(H,92,115)(H,93,113)(H,94,114)(H,95,118)(H,96,119)(H,97,122)(H,98,117)(H,99,120)(H,100,121)(H,101,116)(H4,87,88,89)/t44-,49+,54-,55-,56-,57-,58-,59-,60-,61-,62?,63-,64-,65-/m0/s1. The normalized spacial score (nSPS) is 24.8. The van der Waals surface area contributed by atoms with Gasteiger partial charge in [-0.15, -0.1) is 11.8 Å². The van der Waals surface area contributed by atoms with Gasteiger partial charge >= 0.3 is 0 Å². The summed E-state index contributed by atoms with van der Waals surface area (Å²) in [5, 5.41) is 79.7. The lowest BCUT2D eigenvalue weighted by Crippen LogP contribution is -2.61. The maximum atomic E-state index is 15.2. The number of hydrogen-bond acceptors (Lipinski definition) is 24. The molecule has 3 saturated heterocycles. The number of aromatic amines is 2. The SMILES string of the molecule is CCCC[C@H]1C(=O)N[C@@H](CC(N)=O)C(=O)N2CCC[C@H]2C(=O)N[C@@H](CO)C(=O)N[C@@H](CCO)C(=O)N2C[C@H](O)C[C@H]2C(=O)N[C@@H](Cc2c[nH]c3ccccc23)C(=O)N[C@@H](CCN)C(=O)N[C@@H](Cc2c[nH]c3ccccc23)C(=O)N(C)[C@@H](C)C(=O)N(C)CC(=O)N[C@@H](CCCNC(=N)N)C(=O)NC(C(=O)NCC(N)=O)CSCC(=O)N[C@@H](Cc2ccc(O)cc2)C(=O)N1C. The largest absolute Gasteiger partial charge is 0.508 e. The topological polar surface area (TPSA) is 679 Å². The number of primary amides is 2. The van der Waals surface area contributed by atoms with Gasteiger partial charge in [0.15, 0.2) is 5.96 Å². The van der Waals surface area contributed by atoms with Crippen molar-refractivity contribution in [1.82, 2.24) is 93.0 Å². The number of nitrogens with two attached hydrogens (primary N) is 4. The lowest BCUT2D eigenvalue weighted by Gasteiger charge is -2.33. The number of guanidine groups is 1. The van der Waals surface area contributed by atoms with Crippen LogP contribution in [0.1, 0.15) is 101 Å². The molecule has 3 aliphatic rings. The zero-order valence-electron chi connectivity index (χ0n) is 71.8. The van der Waals surface area contributed by atoms with Gasteiger partial charge in [-0.2, -0.15) is 0 Å². The molecule has 0 bridgehead atoms. The van der Waals surface area contributed by atoms with Crippen LogP contribution in [-0.2, 0) is 101 Å². The number of rotatable bonds is 23. The summed E-state index contributed by atoms with van der Waals surface area (Å²) in [4.78, 5) is 256. The molecule has 696 valence electrons. The molecule has 8 rings (SSSR count). The fourth-order valence-corrected chi connectivity index (χ4v) is 16.2. The molecule has 0 spiro atoms. The van der Waals surface area contributed by atoms with E-state index in [9.17, 15) is 78.0 Å². The van der Waals surface area contributed by atoms with Crippen molar-refractivity contribution in [2.45, 2.75) is 188 Å². The Kier molecular flexibility index (Phi) is 37.7. The van der Waals surface area contributed by atoms with Gasteiger partial charge in [-0.25, -0.2) is 0 Å². The number of phenolic OH excluding ortho intramolecular Hbond substituents is 1. The number of aliphatic hydroxyl groups is 3. The van der Waals surface area contributed by atoms with E-state index in [0.29, 0.717) is 44.9 Å². The Bertz CT molecular complexity index is 4840. The molecule has 0 saturated carbocycles. The van der Waals surface area contributed by atoms with Gasteiger partial charge < -0.3 is 136 Å². The number of aromatic nitrogens is 2. The molecule has 14 atom stereocenters. The summed E-state index contributed by atoms with van der Waals surface area (Å²) < 4.78 is 0. The number of carbonyl (C=O) groups is 17. The van der Waals surface area contributed by atoms with Crippen LogP contribution in [0.4, 0.5) is 0 Å². The van der Waals surface area contributed by atoms with Gasteiger partial charge in [-0.3, -0.25) is 86.9 Å². The first-order chi connectivity index (χ1) is 60.9. The maximum absolute atomic E-state index is 15.2. The Balaban J connectivity index is 1.15. The third kappa shape index (κ3) is 28.0. The number of benzene rings is 3. The number of unbranched alkanes of at least 4 members (excludes halogenated alkanes) is 1. The number of H-pyrrole nitrogens is 2. The summed E-state index contributed by atoms with van der Waals surface area (Å²) >= 11 is 0.748. The predicted molar refractivity (Wildman–Crippen MR) is 465 cm³/mol. The zero-order chi connectivity index (χ0) is 93.8. The van der Waals surface area contributed by atoms with Gasteiger partial charge in [0, 0.05) is 113 Å². The summed E-state index contributed by atoms with van der Waals surface area (Å²) in [6, 6.07) is -1.32. The number of aromatic hydroxyl groups is 1. The Morgan fingerprint density at radius 2 is 1.10 bits per heavy atom. The minimum Gasteiger partial charge on any atom is -0.508 e. The van der Waals surface area contributed by atoms with E-state index in [1.54, 1.807) is 67.8 Å². The first kappa shape index (κ1) is 100. The molecule has 5 heterocycles. The number of amides is 17. The average molecular weight is 1810 g/mol. The summed E-state index contributed by atoms with van der Waals surface area (Å²) in [6.45, 7) is -1.29. The number of hydrogen-bond donors (Lipinski definition) is 22. The molecule has 3 aliphatic heterocycles. The van der Waals surface area contributed by atoms with Gasteiger partial charge in [0.05, 0.1) is 38.0 Å². The van der Waals surface area contributed by atoms with Crippen LogP contribution in [0.15, 0.2) is 85.2 Å². The molecule has 3 fully saturated rings. The molecule has 3 aromatic carbocycles. The van der Waals surface area contributed by atoms with Crippen LogP contribution in [0.25, 0.3) is 21.8 Å². The van der Waals surface area contributed by atoms with Gasteiger partial charge in [-0.1, -0.05) is 68.3 Å². The first-order valence-electron chi connectivity index (χ1n) is 42.0. The van der Waals surface area contributed by atoms with Crippen molar-refractivity contribution >= 4 is 140 Å². The number of phenols is 1. The van der Waals surface area contributed by atoms with Crippen LogP contribution in [-0.4, -0.2) is 331 Å². The average Bonchev–Trinajstić information content (AvgIpc) is 1.35. The highest BCUT2D eigenvalue weighted by atomic mass is 32.2. The van der Waals surface area contributed by atoms with E-state index in [2.05, 4.69) is 68.5 Å². The van der Waals surface area contributed by atoms with Crippen molar-refractivity contribution in [2.24, 2.45) is 22.9 Å². The quantitative estimate of drug-likeness (QED) is 0.0164. The fraction of sp³-hybridized carbons (Fsp3) is 0.518. The van der Waals surface area contributed by atoms with Crippen LogP contribution >= 0.6 is 11.8 Å². The molecule has 26 N–H and O–H groups in total. The second-order valence-corrected chi connectivity index (χ2v) is 32.8. The van der Waals surface area contributed by atoms with E-state index in [4.69, 9.17) is 28.3 Å². The molecule has 0 aliphatic carbocycles. The second kappa shape index (κ2) is 48.1. The maximum Gasteiger partial charge on any atom is 0.246 e. The highest BCUT2D eigenvalue weighted by Crippen LogP contribution is 2.27. The fourth-order valence-electron chi connectivity index (χ4n) is 15.4. The van der Waals surface area contributed by atoms with Crippen molar-refractivity contribution in [1.29, 1.82) is 5.41 Å². The third-order valence-corrected chi connectivity index (χ3v) is 23.4. The van der Waals surface area contributed by atoms with Gasteiger partial charge in [0.25, 0.3) is 0 Å². The number of fused-ring (bicyclic) bond motifs is 4. The number of nitrogens with one attached hydrogen (secondary N) is 14. The van der Waals surface area contributed by atoms with E-state index in [1.165, 1.54) is 52.3 Å². The first-order valence-corrected chi connectivity index (χ1v) is 43.2. The van der Waals surface area contributed by atoms with Crippen LogP contribution in [0.2, 0.25) is 0 Å². The highest BCUT2D eigenvalue weighted by Gasteiger charge is 2.46. The number of nitrogens with zero attached hydrogens (tertiary/aromatic N) is 5. The van der Waals surface area contributed by atoms with Crippen molar-refractivity contribution in [3.05, 3.63) is 102 Å². The Labute approximate surface area is 741 Å². The van der Waals surface area contributed by atoms with Gasteiger partial charge in [0.2, 0.25) is 100 Å². The number of carbonyl (C=O) groups excluding carboxylic acids is 17. The lowest BCUT2D eigenvalue weighted by atomic mass is 10.0. The third-order valence-electron chi connectivity index (χ3n) is 22.3. The van der Waals surface area contributed by atoms with Gasteiger partial charge in [-0.05, 0) is 99.4 Å². The second-order valence-electron chi connectivity index (χ2n) is 31.8. The predicted octanol–water partition coefficient (Wildman–Crippen LogP) is -6.77. The van der Waals surface area contributed by atoms with E-state index >= 15 is 24.0 Å². The summed E-state index contributed by atoms with van der Waals surface area (Å²) in [5.41, 5.74) is 25.4. The van der Waals surface area contributed by atoms with Crippen LogP contribution < -0.4 is 81.4 Å². The smallest absolute Gasteiger partial charge is 0.246 e. The van der Waals surface area contributed by atoms with E-state index in [1.807, 2.05) is 0 Å². The van der Waals surface area contributed by atoms with E-state index in [0.717, 1.165) is 36.3 Å². The van der Waals surface area contributed by atoms with Crippen molar-refractivity contribution in [2.75, 3.05) is 85.1 Å². The number of aliphatic hydroxyl groups excluding tert-OH is 3. The molecule has 17 amide bonds.